The summed E-state index contributed by atoms with van der Waals surface area (Å²) in [5.74, 6) is -1.70. The zero-order valence-corrected chi connectivity index (χ0v) is 15.7. The zero-order chi connectivity index (χ0) is 15.1. The monoisotopic (exact) mass is 536 g/mol. The van der Waals surface area contributed by atoms with Gasteiger partial charge in [0.15, 0.2) is 0 Å². The van der Waals surface area contributed by atoms with Crippen LogP contribution in [-0.4, -0.2) is 13.0 Å². The number of hydrogen-bond acceptors (Lipinski definition) is 3. The molecule has 1 heterocycles. The molecule has 0 spiro atoms. The molecular formula is C10H5Br4FN2O3. The number of nitrogens with zero attached hydrogens (tertiary/aromatic N) is 2. The summed E-state index contributed by atoms with van der Waals surface area (Å²) in [6.45, 7) is 0. The SMILES string of the molecule is O=c1on(C(Br)(Br)C(Br)Br)c(=O)n1-c1ccccc1F. The molecule has 0 atom stereocenters. The van der Waals surface area contributed by atoms with E-state index in [9.17, 15) is 14.0 Å². The molecule has 1 aromatic carbocycles. The average molecular weight is 540 g/mol. The molecule has 5 nitrogen and oxygen atoms in total. The van der Waals surface area contributed by atoms with Crippen LogP contribution in [0.5, 0.6) is 0 Å². The van der Waals surface area contributed by atoms with E-state index in [1.807, 2.05) is 0 Å². The highest BCUT2D eigenvalue weighted by molar-refractivity contribution is 9.29. The molecule has 0 aliphatic heterocycles. The minimum absolute atomic E-state index is 0.179. The Hall–Kier alpha value is -0.190. The molecular weight excluding hydrogens is 535 g/mol. The molecule has 0 amide bonds. The smallest absolute Gasteiger partial charge is 0.314 e. The van der Waals surface area contributed by atoms with Crippen molar-refractivity contribution in [1.29, 1.82) is 0 Å². The van der Waals surface area contributed by atoms with Crippen LogP contribution in [0.25, 0.3) is 5.69 Å². The lowest BCUT2D eigenvalue weighted by Crippen LogP contribution is -2.36. The van der Waals surface area contributed by atoms with E-state index >= 15 is 0 Å². The van der Waals surface area contributed by atoms with Crippen molar-refractivity contribution in [2.24, 2.45) is 0 Å². The maximum absolute atomic E-state index is 13.7. The number of halogens is 5. The molecule has 0 saturated heterocycles. The quantitative estimate of drug-likeness (QED) is 0.563. The van der Waals surface area contributed by atoms with Crippen molar-refractivity contribution in [2.75, 3.05) is 0 Å². The van der Waals surface area contributed by atoms with E-state index in [1.165, 1.54) is 18.2 Å². The lowest BCUT2D eigenvalue weighted by atomic mass is 10.3. The maximum Gasteiger partial charge on any atom is 0.447 e. The summed E-state index contributed by atoms with van der Waals surface area (Å²) in [6, 6.07) is 5.41. The van der Waals surface area contributed by atoms with Gasteiger partial charge in [-0.1, -0.05) is 44.0 Å². The number of para-hydroxylation sites is 1. The van der Waals surface area contributed by atoms with Gasteiger partial charge in [0, 0.05) is 0 Å². The molecule has 0 bridgehead atoms. The minimum atomic E-state index is -1.23. The Balaban J connectivity index is 2.72. The summed E-state index contributed by atoms with van der Waals surface area (Å²) in [5.41, 5.74) is -1.01. The summed E-state index contributed by atoms with van der Waals surface area (Å²) < 4.78 is 18.2. The molecule has 2 aromatic rings. The Labute approximate surface area is 145 Å². The summed E-state index contributed by atoms with van der Waals surface area (Å²) in [4.78, 5) is 24.1. The molecule has 0 radical (unpaired) electrons. The van der Waals surface area contributed by atoms with Gasteiger partial charge in [-0.3, -0.25) is 0 Å². The maximum atomic E-state index is 13.7. The summed E-state index contributed by atoms with van der Waals surface area (Å²) in [7, 11) is 0. The fraction of sp³-hybridized carbons (Fsp3) is 0.200. The van der Waals surface area contributed by atoms with Crippen LogP contribution in [0.3, 0.4) is 0 Å². The minimum Gasteiger partial charge on any atom is -0.314 e. The van der Waals surface area contributed by atoms with Gasteiger partial charge >= 0.3 is 11.4 Å². The standard InChI is InChI=1S/C10H5Br4FN2O3/c11-7(12)10(13,14)17-8(18)16(9(19)20-17)6-4-2-1-3-5(6)15/h1-4,7H. The fourth-order valence-electron chi connectivity index (χ4n) is 1.44. The molecule has 0 saturated carbocycles. The van der Waals surface area contributed by atoms with E-state index in [4.69, 9.17) is 4.52 Å². The van der Waals surface area contributed by atoms with Gasteiger partial charge in [-0.2, -0.15) is 4.57 Å². The molecule has 2 rings (SSSR count). The first-order chi connectivity index (χ1) is 9.26. The second-order valence-electron chi connectivity index (χ2n) is 3.61. The van der Waals surface area contributed by atoms with Crippen molar-refractivity contribution >= 4 is 63.7 Å². The van der Waals surface area contributed by atoms with Gasteiger partial charge < -0.3 is 4.52 Å². The third-order valence-corrected chi connectivity index (χ3v) is 7.69. The molecule has 20 heavy (non-hydrogen) atoms. The van der Waals surface area contributed by atoms with Crippen LogP contribution in [0.4, 0.5) is 4.39 Å². The normalized spacial score (nSPS) is 12.1. The van der Waals surface area contributed by atoms with E-state index in [0.29, 0.717) is 4.57 Å². The van der Waals surface area contributed by atoms with Crippen molar-refractivity contribution in [2.45, 2.75) is 7.09 Å². The average Bonchev–Trinajstić information content (AvgIpc) is 2.66. The number of alkyl halides is 4. The van der Waals surface area contributed by atoms with E-state index in [1.54, 1.807) is 0 Å². The van der Waals surface area contributed by atoms with Gasteiger partial charge in [0.1, 0.15) is 9.55 Å². The molecule has 108 valence electrons. The number of hydrogen-bond donors (Lipinski definition) is 0. The van der Waals surface area contributed by atoms with Crippen LogP contribution >= 0.6 is 63.7 Å². The van der Waals surface area contributed by atoms with Gasteiger partial charge in [-0.05, 0) is 44.0 Å². The predicted molar refractivity (Wildman–Crippen MR) is 86.0 cm³/mol. The van der Waals surface area contributed by atoms with Gasteiger partial charge in [-0.25, -0.2) is 14.0 Å². The van der Waals surface area contributed by atoms with Gasteiger partial charge in [-0.15, -0.1) is 4.74 Å². The highest BCUT2D eigenvalue weighted by Crippen LogP contribution is 2.41. The first-order valence-corrected chi connectivity index (χ1v) is 8.45. The molecule has 0 aliphatic carbocycles. The van der Waals surface area contributed by atoms with Crippen LogP contribution in [0.15, 0.2) is 38.4 Å². The van der Waals surface area contributed by atoms with Gasteiger partial charge in [0.25, 0.3) is 0 Å². The Morgan fingerprint density at radius 2 is 1.80 bits per heavy atom. The van der Waals surface area contributed by atoms with Crippen molar-refractivity contribution in [3.05, 3.63) is 51.1 Å². The largest absolute Gasteiger partial charge is 0.447 e. The Bertz CT molecular complexity index is 749. The topological polar surface area (TPSA) is 57.1 Å². The Morgan fingerprint density at radius 3 is 2.35 bits per heavy atom. The van der Waals surface area contributed by atoms with Gasteiger partial charge in [0.05, 0.1) is 5.69 Å². The second-order valence-corrected chi connectivity index (χ2v) is 10.2. The molecule has 10 heteroatoms. The Morgan fingerprint density at radius 1 is 1.20 bits per heavy atom. The van der Waals surface area contributed by atoms with Crippen LogP contribution in [-0.2, 0) is 3.36 Å². The summed E-state index contributed by atoms with van der Waals surface area (Å²) in [5, 5.41) is 0. The van der Waals surface area contributed by atoms with E-state index in [-0.39, 0.29) is 5.69 Å². The van der Waals surface area contributed by atoms with E-state index in [0.717, 1.165) is 10.8 Å². The molecule has 1 aromatic heterocycles. The van der Waals surface area contributed by atoms with Crippen LogP contribution < -0.4 is 11.4 Å². The molecule has 0 fully saturated rings. The van der Waals surface area contributed by atoms with Crippen molar-refractivity contribution in [3.8, 4) is 5.69 Å². The van der Waals surface area contributed by atoms with Crippen molar-refractivity contribution in [1.82, 2.24) is 9.31 Å². The highest BCUT2D eigenvalue weighted by Gasteiger charge is 2.38. The zero-order valence-electron chi connectivity index (χ0n) is 9.40. The first-order valence-electron chi connectivity index (χ1n) is 5.03. The fourth-order valence-corrected chi connectivity index (χ4v) is 2.26. The summed E-state index contributed by atoms with van der Waals surface area (Å²) >= 11 is 12.8. The lowest BCUT2D eigenvalue weighted by Gasteiger charge is -2.19. The lowest BCUT2D eigenvalue weighted by molar-refractivity contribution is 0.238. The van der Waals surface area contributed by atoms with Crippen LogP contribution in [0, 0.1) is 5.82 Å². The van der Waals surface area contributed by atoms with Crippen molar-refractivity contribution in [3.63, 3.8) is 0 Å². The highest BCUT2D eigenvalue weighted by atomic mass is 79.9. The van der Waals surface area contributed by atoms with E-state index < -0.39 is 24.4 Å². The second kappa shape index (κ2) is 5.90. The van der Waals surface area contributed by atoms with E-state index in [2.05, 4.69) is 63.7 Å². The molecule has 0 unspecified atom stereocenters. The molecule has 0 N–H and O–H groups in total. The number of rotatable bonds is 3. The Kier molecular flexibility index (Phi) is 4.77. The third-order valence-electron chi connectivity index (χ3n) is 2.34. The number of aromatic nitrogens is 2. The van der Waals surface area contributed by atoms with Crippen LogP contribution in [0.1, 0.15) is 0 Å². The van der Waals surface area contributed by atoms with Gasteiger partial charge in [0.2, 0.25) is 3.36 Å². The predicted octanol–water partition coefficient (Wildman–Crippen LogP) is 3.25. The third kappa shape index (κ3) is 2.75. The van der Waals surface area contributed by atoms with Crippen LogP contribution in [0.2, 0.25) is 0 Å². The summed E-state index contributed by atoms with van der Waals surface area (Å²) in [6.07, 6.45) is 0. The van der Waals surface area contributed by atoms with Crippen molar-refractivity contribution < 1.29 is 8.91 Å². The number of benzene rings is 1. The molecule has 0 aliphatic rings. The first kappa shape index (κ1) is 16.2.